The summed E-state index contributed by atoms with van der Waals surface area (Å²) in [6.45, 7) is 1.90. The van der Waals surface area contributed by atoms with Crippen LogP contribution in [0.5, 0.6) is 0 Å². The number of halogens is 1. The summed E-state index contributed by atoms with van der Waals surface area (Å²) in [6, 6.07) is 3.97. The largest absolute Gasteiger partial charge is 0.360 e. The third-order valence-electron chi connectivity index (χ3n) is 4.11. The quantitative estimate of drug-likeness (QED) is 0.850. The number of amides is 1. The monoisotopic (exact) mass is 323 g/mol. The number of aromatic nitrogens is 1. The lowest BCUT2D eigenvalue weighted by molar-refractivity contribution is -0.119. The van der Waals surface area contributed by atoms with E-state index in [0.29, 0.717) is 5.17 Å². The van der Waals surface area contributed by atoms with Crippen molar-refractivity contribution in [2.24, 2.45) is 4.99 Å². The molecule has 0 spiro atoms. The fraction of sp³-hybridized carbons (Fsp3) is 0.533. The second kappa shape index (κ2) is 5.97. The van der Waals surface area contributed by atoms with Crippen molar-refractivity contribution in [2.45, 2.75) is 48.8 Å². The molecule has 3 unspecified atom stereocenters. The molecule has 1 amide bonds. The number of hydrogen-bond donors (Lipinski definition) is 1. The van der Waals surface area contributed by atoms with Crippen molar-refractivity contribution in [1.82, 2.24) is 10.3 Å². The molecule has 2 aliphatic rings. The third kappa shape index (κ3) is 2.94. The Morgan fingerprint density at radius 1 is 1.43 bits per heavy atom. The van der Waals surface area contributed by atoms with Gasteiger partial charge in [-0.15, -0.1) is 11.6 Å². The molecule has 112 valence electrons. The van der Waals surface area contributed by atoms with E-state index < -0.39 is 4.75 Å². The van der Waals surface area contributed by atoms with Crippen molar-refractivity contribution in [1.29, 1.82) is 0 Å². The zero-order chi connectivity index (χ0) is 14.9. The van der Waals surface area contributed by atoms with Crippen molar-refractivity contribution in [3.05, 3.63) is 30.1 Å². The maximum absolute atomic E-state index is 12.3. The predicted molar refractivity (Wildman–Crippen MR) is 86.7 cm³/mol. The van der Waals surface area contributed by atoms with Gasteiger partial charge >= 0.3 is 0 Å². The summed E-state index contributed by atoms with van der Waals surface area (Å²) in [5, 5.41) is 4.16. The van der Waals surface area contributed by atoms with Crippen molar-refractivity contribution < 1.29 is 4.79 Å². The first kappa shape index (κ1) is 14.9. The molecule has 1 aromatic heterocycles. The number of rotatable bonds is 2. The molecule has 2 heterocycles. The number of nitrogens with one attached hydrogen (secondary N) is 1. The molecule has 1 aromatic rings. The van der Waals surface area contributed by atoms with Crippen LogP contribution in [-0.4, -0.2) is 27.5 Å². The van der Waals surface area contributed by atoms with E-state index in [1.54, 1.807) is 12.4 Å². The summed E-state index contributed by atoms with van der Waals surface area (Å²) in [6.07, 6.45) is 7.84. The van der Waals surface area contributed by atoms with Crippen LogP contribution in [0.15, 0.2) is 29.5 Å². The summed E-state index contributed by atoms with van der Waals surface area (Å²) in [7, 11) is 0. The number of carbonyl (C=O) groups is 1. The van der Waals surface area contributed by atoms with Crippen LogP contribution in [0.3, 0.4) is 0 Å². The zero-order valence-corrected chi connectivity index (χ0v) is 13.5. The van der Waals surface area contributed by atoms with Crippen LogP contribution in [0.1, 0.15) is 38.2 Å². The summed E-state index contributed by atoms with van der Waals surface area (Å²) >= 11 is 7.82. The highest BCUT2D eigenvalue weighted by Gasteiger charge is 2.43. The van der Waals surface area contributed by atoms with Gasteiger partial charge in [0.2, 0.25) is 0 Å². The molecule has 1 saturated carbocycles. The van der Waals surface area contributed by atoms with Gasteiger partial charge in [0.25, 0.3) is 5.91 Å². The van der Waals surface area contributed by atoms with Gasteiger partial charge < -0.3 is 5.32 Å². The van der Waals surface area contributed by atoms with E-state index in [4.69, 9.17) is 11.6 Å². The van der Waals surface area contributed by atoms with Gasteiger partial charge in [-0.1, -0.05) is 30.7 Å². The van der Waals surface area contributed by atoms with E-state index in [1.807, 2.05) is 19.1 Å². The van der Waals surface area contributed by atoms with Gasteiger partial charge in [-0.2, -0.15) is 4.99 Å². The van der Waals surface area contributed by atoms with E-state index >= 15 is 0 Å². The van der Waals surface area contributed by atoms with Crippen LogP contribution in [-0.2, 0) is 9.54 Å². The second-order valence-electron chi connectivity index (χ2n) is 5.65. The number of hydrogen-bond acceptors (Lipinski definition) is 4. The van der Waals surface area contributed by atoms with Crippen LogP contribution in [0.25, 0.3) is 0 Å². The van der Waals surface area contributed by atoms with Crippen LogP contribution < -0.4 is 5.32 Å². The number of pyridine rings is 1. The van der Waals surface area contributed by atoms with Crippen LogP contribution in [0.2, 0.25) is 0 Å². The number of thioether (sulfide) groups is 1. The molecular weight excluding hydrogens is 306 g/mol. The summed E-state index contributed by atoms with van der Waals surface area (Å²) < 4.78 is -0.687. The highest BCUT2D eigenvalue weighted by molar-refractivity contribution is 8.15. The third-order valence-corrected chi connectivity index (χ3v) is 5.86. The molecule has 0 radical (unpaired) electrons. The van der Waals surface area contributed by atoms with E-state index in [2.05, 4.69) is 15.3 Å². The van der Waals surface area contributed by atoms with Crippen molar-refractivity contribution in [3.63, 3.8) is 0 Å². The average molecular weight is 324 g/mol. The first-order valence-corrected chi connectivity index (χ1v) is 8.48. The Balaban J connectivity index is 1.73. The Morgan fingerprint density at radius 3 is 2.95 bits per heavy atom. The smallest absolute Gasteiger partial charge is 0.269 e. The Hall–Kier alpha value is -1.07. The Labute approximate surface area is 133 Å². The number of aliphatic imine (C=N–C) groups is 1. The Bertz CT molecular complexity index is 565. The SMILES string of the molecule is CC1(c2cccnc2)SC(NC2CCCCC2Cl)=NC1=O. The molecular formula is C15H18ClN3OS. The number of alkyl halides is 1. The van der Waals surface area contributed by atoms with Gasteiger partial charge in [0.1, 0.15) is 4.75 Å². The fourth-order valence-electron chi connectivity index (χ4n) is 2.75. The first-order valence-electron chi connectivity index (χ1n) is 7.23. The normalized spacial score (nSPS) is 32.9. The summed E-state index contributed by atoms with van der Waals surface area (Å²) in [5.74, 6) is -0.134. The Kier molecular flexibility index (Phi) is 4.22. The molecule has 1 N–H and O–H groups in total. The van der Waals surface area contributed by atoms with Crippen LogP contribution in [0, 0.1) is 0 Å². The highest BCUT2D eigenvalue weighted by atomic mass is 35.5. The molecule has 0 bridgehead atoms. The van der Waals surface area contributed by atoms with Crippen molar-refractivity contribution >= 4 is 34.4 Å². The Morgan fingerprint density at radius 2 is 2.24 bits per heavy atom. The van der Waals surface area contributed by atoms with E-state index in [1.165, 1.54) is 24.6 Å². The van der Waals surface area contributed by atoms with Crippen LogP contribution >= 0.6 is 23.4 Å². The van der Waals surface area contributed by atoms with Crippen molar-refractivity contribution in [2.75, 3.05) is 0 Å². The molecule has 1 aliphatic heterocycles. The molecule has 3 rings (SSSR count). The second-order valence-corrected chi connectivity index (χ2v) is 7.62. The standard InChI is InChI=1S/C15H18ClN3OS/c1-15(10-5-4-8-17-9-10)13(20)19-14(21-15)18-12-7-3-2-6-11(12)16/h4-5,8-9,11-12H,2-3,6-7H2,1H3,(H,18,19,20). The predicted octanol–water partition coefficient (Wildman–Crippen LogP) is 3.07. The van der Waals surface area contributed by atoms with Gasteiger partial charge in [-0.05, 0) is 31.4 Å². The van der Waals surface area contributed by atoms with E-state index in [0.717, 1.165) is 18.4 Å². The maximum atomic E-state index is 12.3. The molecule has 0 saturated heterocycles. The highest BCUT2D eigenvalue weighted by Crippen LogP contribution is 2.42. The summed E-state index contributed by atoms with van der Waals surface area (Å²) in [4.78, 5) is 20.6. The summed E-state index contributed by atoms with van der Waals surface area (Å²) in [5.41, 5.74) is 0.881. The first-order chi connectivity index (χ1) is 10.1. The van der Waals surface area contributed by atoms with Gasteiger partial charge in [0, 0.05) is 18.4 Å². The van der Waals surface area contributed by atoms with Gasteiger partial charge in [0.05, 0.1) is 5.38 Å². The minimum absolute atomic E-state index is 0.113. The molecule has 3 atom stereocenters. The lowest BCUT2D eigenvalue weighted by Gasteiger charge is -2.29. The number of nitrogens with zero attached hydrogens (tertiary/aromatic N) is 2. The van der Waals surface area contributed by atoms with Gasteiger partial charge in [-0.25, -0.2) is 0 Å². The van der Waals surface area contributed by atoms with Crippen molar-refractivity contribution in [3.8, 4) is 0 Å². The van der Waals surface area contributed by atoms with Gasteiger partial charge in [0.15, 0.2) is 5.17 Å². The van der Waals surface area contributed by atoms with E-state index in [-0.39, 0.29) is 17.3 Å². The molecule has 1 fully saturated rings. The minimum Gasteiger partial charge on any atom is -0.360 e. The molecule has 4 nitrogen and oxygen atoms in total. The fourth-order valence-corrected chi connectivity index (χ4v) is 4.20. The number of amidine groups is 1. The van der Waals surface area contributed by atoms with Gasteiger partial charge in [-0.3, -0.25) is 9.78 Å². The number of carbonyl (C=O) groups excluding carboxylic acids is 1. The van der Waals surface area contributed by atoms with Crippen LogP contribution in [0.4, 0.5) is 0 Å². The van der Waals surface area contributed by atoms with E-state index in [9.17, 15) is 4.79 Å². The molecule has 1 aliphatic carbocycles. The zero-order valence-electron chi connectivity index (χ0n) is 11.9. The maximum Gasteiger partial charge on any atom is 0.269 e. The topological polar surface area (TPSA) is 54.4 Å². The molecule has 21 heavy (non-hydrogen) atoms. The lowest BCUT2D eigenvalue weighted by Crippen LogP contribution is -2.41. The minimum atomic E-state index is -0.687. The molecule has 0 aromatic carbocycles. The average Bonchev–Trinajstić information content (AvgIpc) is 2.78. The lowest BCUT2D eigenvalue weighted by atomic mass is 9.95. The molecule has 6 heteroatoms.